The Hall–Kier alpha value is -2.55. The van der Waals surface area contributed by atoms with Gasteiger partial charge < -0.3 is 14.6 Å². The van der Waals surface area contributed by atoms with Crippen molar-refractivity contribution in [2.45, 2.75) is 18.5 Å². The van der Waals surface area contributed by atoms with Gasteiger partial charge in [-0.2, -0.15) is 0 Å². The molecule has 0 saturated carbocycles. The van der Waals surface area contributed by atoms with Crippen LogP contribution in [0.3, 0.4) is 0 Å². The highest BCUT2D eigenvalue weighted by molar-refractivity contribution is 8.03. The number of imidazole rings is 1. The zero-order chi connectivity index (χ0) is 16.3. The van der Waals surface area contributed by atoms with Crippen molar-refractivity contribution in [3.05, 3.63) is 34.4 Å². The molecule has 1 aromatic heterocycles. The van der Waals surface area contributed by atoms with Crippen LogP contribution in [0, 0.1) is 0 Å². The molecule has 23 heavy (non-hydrogen) atoms. The Morgan fingerprint density at radius 1 is 1.43 bits per heavy atom. The summed E-state index contributed by atoms with van der Waals surface area (Å²) in [4.78, 5) is 42.2. The summed E-state index contributed by atoms with van der Waals surface area (Å²) in [5, 5.41) is 10.2. The van der Waals surface area contributed by atoms with E-state index in [0.29, 0.717) is 17.8 Å². The predicted octanol–water partition coefficient (Wildman–Crippen LogP) is 0.0796. The van der Waals surface area contributed by atoms with Crippen LogP contribution in [-0.4, -0.2) is 54.7 Å². The number of nitrogens with zero attached hydrogens (tertiary/aromatic N) is 4. The van der Waals surface area contributed by atoms with Crippen LogP contribution in [-0.2, 0) is 27.5 Å². The number of hydrogen-bond acceptors (Lipinski definition) is 5. The molecule has 3 aliphatic heterocycles. The third-order valence-electron chi connectivity index (χ3n) is 4.04. The van der Waals surface area contributed by atoms with Gasteiger partial charge in [-0.25, -0.2) is 9.78 Å². The fourth-order valence-corrected chi connectivity index (χ4v) is 3.92. The Morgan fingerprint density at radius 2 is 2.22 bits per heavy atom. The lowest BCUT2D eigenvalue weighted by Gasteiger charge is -2.36. The summed E-state index contributed by atoms with van der Waals surface area (Å²) in [6, 6.07) is 0. The Bertz CT molecular complexity index is 825. The molecule has 1 saturated heterocycles. The summed E-state index contributed by atoms with van der Waals surface area (Å²) in [6.45, 7) is 0.677. The second kappa shape index (κ2) is 4.72. The van der Waals surface area contributed by atoms with E-state index in [1.807, 2.05) is 0 Å². The van der Waals surface area contributed by atoms with Gasteiger partial charge >= 0.3 is 5.97 Å². The molecule has 1 aromatic rings. The molecule has 1 N–H and O–H groups in total. The summed E-state index contributed by atoms with van der Waals surface area (Å²) >= 11 is 1.29. The van der Waals surface area contributed by atoms with Gasteiger partial charge in [-0.05, 0) is 6.08 Å². The van der Waals surface area contributed by atoms with E-state index < -0.39 is 5.97 Å². The quantitative estimate of drug-likeness (QED) is 0.609. The molecule has 1 atom stereocenters. The highest BCUT2D eigenvalue weighted by Gasteiger charge is 2.49. The SMILES string of the molecule is CN1Cc2nc(/C=C3\C(=O)N4C(C(=O)O)=CS[C@H]34)cn2CC1=O. The minimum atomic E-state index is -1.11. The van der Waals surface area contributed by atoms with Crippen molar-refractivity contribution in [1.29, 1.82) is 0 Å². The zero-order valence-electron chi connectivity index (χ0n) is 12.1. The Kier molecular flexibility index (Phi) is 2.89. The number of carbonyl (C=O) groups is 3. The summed E-state index contributed by atoms with van der Waals surface area (Å²) in [7, 11) is 1.72. The molecular weight excluding hydrogens is 320 g/mol. The van der Waals surface area contributed by atoms with Gasteiger partial charge in [0.1, 0.15) is 23.4 Å². The van der Waals surface area contributed by atoms with Gasteiger partial charge in [0.15, 0.2) is 0 Å². The molecule has 9 heteroatoms. The van der Waals surface area contributed by atoms with Crippen molar-refractivity contribution in [3.63, 3.8) is 0 Å². The Labute approximate surface area is 135 Å². The third kappa shape index (κ3) is 2.00. The van der Waals surface area contributed by atoms with Crippen LogP contribution in [0.1, 0.15) is 11.5 Å². The molecule has 1 fully saturated rings. The predicted molar refractivity (Wildman–Crippen MR) is 80.6 cm³/mol. The van der Waals surface area contributed by atoms with E-state index in [2.05, 4.69) is 4.98 Å². The lowest BCUT2D eigenvalue weighted by atomic mass is 10.0. The van der Waals surface area contributed by atoms with Crippen LogP contribution in [0.2, 0.25) is 0 Å². The first-order valence-electron chi connectivity index (χ1n) is 6.90. The van der Waals surface area contributed by atoms with Crippen molar-refractivity contribution < 1.29 is 19.5 Å². The number of thioether (sulfide) groups is 1. The maximum atomic E-state index is 12.2. The van der Waals surface area contributed by atoms with Gasteiger partial charge in [0.2, 0.25) is 5.91 Å². The zero-order valence-corrected chi connectivity index (χ0v) is 12.9. The number of hydrogen-bond donors (Lipinski definition) is 1. The number of aliphatic carboxylic acids is 1. The second-order valence-corrected chi connectivity index (χ2v) is 6.49. The molecule has 8 nitrogen and oxygen atoms in total. The smallest absolute Gasteiger partial charge is 0.353 e. The molecule has 4 heterocycles. The van der Waals surface area contributed by atoms with Crippen molar-refractivity contribution in [2.24, 2.45) is 0 Å². The largest absolute Gasteiger partial charge is 0.477 e. The summed E-state index contributed by atoms with van der Waals surface area (Å²) in [5.74, 6) is -0.633. The van der Waals surface area contributed by atoms with Gasteiger partial charge in [-0.3, -0.25) is 14.5 Å². The minimum Gasteiger partial charge on any atom is -0.477 e. The van der Waals surface area contributed by atoms with Crippen LogP contribution in [0.25, 0.3) is 6.08 Å². The number of carbonyl (C=O) groups excluding carboxylic acids is 2. The highest BCUT2D eigenvalue weighted by Crippen LogP contribution is 2.45. The molecule has 0 aromatic carbocycles. The van der Waals surface area contributed by atoms with E-state index in [0.717, 1.165) is 5.82 Å². The van der Waals surface area contributed by atoms with Gasteiger partial charge in [-0.1, -0.05) is 0 Å². The van der Waals surface area contributed by atoms with Gasteiger partial charge in [0.25, 0.3) is 5.91 Å². The van der Waals surface area contributed by atoms with E-state index in [9.17, 15) is 14.4 Å². The number of carboxylic acids is 1. The van der Waals surface area contributed by atoms with Gasteiger partial charge in [0, 0.05) is 18.7 Å². The normalized spacial score (nSPS) is 24.5. The fourth-order valence-electron chi connectivity index (χ4n) is 2.80. The number of aromatic nitrogens is 2. The molecule has 2 amide bonds. The number of rotatable bonds is 2. The third-order valence-corrected chi connectivity index (χ3v) is 5.13. The standard InChI is InChI=1S/C14H12N4O4S/c1-16-4-10-15-7(3-17(10)5-11(16)19)2-8-12(20)18-9(14(21)22)6-23-13(8)18/h2-3,6,13H,4-5H2,1H3,(H,21,22)/b8-2+/t13-/m1/s1. The molecule has 0 bridgehead atoms. The number of carboxylic acid groups (broad SMARTS) is 1. The Balaban J connectivity index is 1.59. The van der Waals surface area contributed by atoms with Crippen LogP contribution < -0.4 is 0 Å². The molecule has 0 radical (unpaired) electrons. The molecule has 0 spiro atoms. The first-order chi connectivity index (χ1) is 11.0. The van der Waals surface area contributed by atoms with Gasteiger partial charge in [0.05, 0.1) is 17.8 Å². The maximum absolute atomic E-state index is 12.2. The average Bonchev–Trinajstić information content (AvgIpc) is 3.06. The number of amides is 2. The Morgan fingerprint density at radius 3 is 2.96 bits per heavy atom. The van der Waals surface area contributed by atoms with Crippen molar-refractivity contribution >= 4 is 35.6 Å². The maximum Gasteiger partial charge on any atom is 0.353 e. The van der Waals surface area contributed by atoms with E-state index in [4.69, 9.17) is 5.11 Å². The number of likely N-dealkylation sites (N-methyl/N-ethyl adjacent to an activating group) is 1. The first-order valence-corrected chi connectivity index (χ1v) is 7.84. The molecule has 0 unspecified atom stereocenters. The molecule has 4 rings (SSSR count). The lowest BCUT2D eigenvalue weighted by Crippen LogP contribution is -2.51. The van der Waals surface area contributed by atoms with E-state index >= 15 is 0 Å². The highest BCUT2D eigenvalue weighted by atomic mass is 32.2. The van der Waals surface area contributed by atoms with E-state index in [-0.39, 0.29) is 29.4 Å². The molecular formula is C14H12N4O4S. The summed E-state index contributed by atoms with van der Waals surface area (Å²) in [5.41, 5.74) is 1.15. The number of β-lactam (4-membered cyclic amide) rings is 1. The molecule has 118 valence electrons. The van der Waals surface area contributed by atoms with Crippen LogP contribution in [0.4, 0.5) is 0 Å². The van der Waals surface area contributed by atoms with E-state index in [1.54, 1.807) is 28.8 Å². The van der Waals surface area contributed by atoms with Crippen molar-refractivity contribution in [2.75, 3.05) is 7.05 Å². The van der Waals surface area contributed by atoms with Crippen molar-refractivity contribution in [3.8, 4) is 0 Å². The summed E-state index contributed by atoms with van der Waals surface area (Å²) in [6.07, 6.45) is 3.42. The van der Waals surface area contributed by atoms with E-state index in [1.165, 1.54) is 22.1 Å². The van der Waals surface area contributed by atoms with Crippen molar-refractivity contribution in [1.82, 2.24) is 19.4 Å². The number of fused-ring (bicyclic) bond motifs is 2. The minimum absolute atomic E-state index is 0.0125. The van der Waals surface area contributed by atoms with Crippen LogP contribution in [0.5, 0.6) is 0 Å². The van der Waals surface area contributed by atoms with Gasteiger partial charge in [-0.15, -0.1) is 11.8 Å². The van der Waals surface area contributed by atoms with Crippen LogP contribution >= 0.6 is 11.8 Å². The van der Waals surface area contributed by atoms with Crippen LogP contribution in [0.15, 0.2) is 22.9 Å². The topological polar surface area (TPSA) is 95.7 Å². The fraction of sp³-hybridized carbons (Fsp3) is 0.286. The first kappa shape index (κ1) is 14.1. The average molecular weight is 332 g/mol. The second-order valence-electron chi connectivity index (χ2n) is 5.53. The monoisotopic (exact) mass is 332 g/mol. The molecule has 3 aliphatic rings. The lowest BCUT2D eigenvalue weighted by molar-refractivity contribution is -0.141. The molecule has 0 aliphatic carbocycles. The summed E-state index contributed by atoms with van der Waals surface area (Å²) < 4.78 is 1.78.